The van der Waals surface area contributed by atoms with Crippen molar-refractivity contribution in [2.75, 3.05) is 7.05 Å². The summed E-state index contributed by atoms with van der Waals surface area (Å²) < 4.78 is 1.93. The van der Waals surface area contributed by atoms with Gasteiger partial charge in [0.05, 0.1) is 12.2 Å². The van der Waals surface area contributed by atoms with Gasteiger partial charge in [-0.05, 0) is 25.5 Å². The van der Waals surface area contributed by atoms with Gasteiger partial charge in [0.15, 0.2) is 5.78 Å². The zero-order chi connectivity index (χ0) is 18.0. The number of Topliss-reactive ketones (excluding diaryl/α,β-unsaturated/α-hetero) is 1. The van der Waals surface area contributed by atoms with Gasteiger partial charge in [0.25, 0.3) is 0 Å². The monoisotopic (exact) mass is 338 g/mol. The fraction of sp³-hybridized carbons (Fsp3) is 0.316. The molecule has 0 aliphatic rings. The lowest BCUT2D eigenvalue weighted by molar-refractivity contribution is -0.134. The predicted molar refractivity (Wildman–Crippen MR) is 96.3 cm³/mol. The first kappa shape index (κ1) is 17.0. The van der Waals surface area contributed by atoms with E-state index in [9.17, 15) is 9.59 Å². The number of benzene rings is 1. The SMILES string of the molecule is CC[C@H](C(=O)N(C)Cc1ccn[nH]1)n1cc(C(C)=O)c2ccccc21. The van der Waals surface area contributed by atoms with Crippen LogP contribution in [0.5, 0.6) is 0 Å². The summed E-state index contributed by atoms with van der Waals surface area (Å²) in [6, 6.07) is 9.20. The first-order valence-electron chi connectivity index (χ1n) is 8.36. The number of nitrogens with zero attached hydrogens (tertiary/aromatic N) is 3. The maximum Gasteiger partial charge on any atom is 0.245 e. The molecule has 0 spiro atoms. The smallest absolute Gasteiger partial charge is 0.245 e. The summed E-state index contributed by atoms with van der Waals surface area (Å²) in [6.07, 6.45) is 4.12. The number of amides is 1. The van der Waals surface area contributed by atoms with E-state index >= 15 is 0 Å². The lowest BCUT2D eigenvalue weighted by Gasteiger charge is -2.24. The summed E-state index contributed by atoms with van der Waals surface area (Å²) in [6.45, 7) is 4.00. The number of aromatic nitrogens is 3. The summed E-state index contributed by atoms with van der Waals surface area (Å²) in [5, 5.41) is 7.68. The molecule has 1 amide bonds. The van der Waals surface area contributed by atoms with Gasteiger partial charge in [0.1, 0.15) is 6.04 Å². The van der Waals surface area contributed by atoms with Crippen molar-refractivity contribution in [3.63, 3.8) is 0 Å². The van der Waals surface area contributed by atoms with Crippen LogP contribution < -0.4 is 0 Å². The normalized spacial score (nSPS) is 12.3. The molecule has 3 aromatic rings. The zero-order valence-electron chi connectivity index (χ0n) is 14.7. The van der Waals surface area contributed by atoms with Crippen molar-refractivity contribution >= 4 is 22.6 Å². The minimum atomic E-state index is -0.356. The quantitative estimate of drug-likeness (QED) is 0.702. The molecule has 0 fully saturated rings. The number of carbonyl (C=O) groups excluding carboxylic acids is 2. The highest BCUT2D eigenvalue weighted by molar-refractivity contribution is 6.07. The molecule has 3 rings (SSSR count). The van der Waals surface area contributed by atoms with Gasteiger partial charge in [-0.25, -0.2) is 0 Å². The van der Waals surface area contributed by atoms with Crippen LogP contribution in [0.4, 0.5) is 0 Å². The Morgan fingerprint density at radius 2 is 2.04 bits per heavy atom. The molecule has 1 N–H and O–H groups in total. The Hall–Kier alpha value is -2.89. The molecular formula is C19H22N4O2. The predicted octanol–water partition coefficient (Wildman–Crippen LogP) is 3.18. The Balaban J connectivity index is 1.96. The number of H-pyrrole nitrogens is 1. The average molecular weight is 338 g/mol. The van der Waals surface area contributed by atoms with E-state index in [1.165, 1.54) is 0 Å². The van der Waals surface area contributed by atoms with E-state index in [1.54, 1.807) is 25.1 Å². The van der Waals surface area contributed by atoms with Gasteiger partial charge in [-0.15, -0.1) is 0 Å². The van der Waals surface area contributed by atoms with Crippen LogP contribution in [-0.4, -0.2) is 38.4 Å². The third kappa shape index (κ3) is 3.20. The molecule has 2 heterocycles. The van der Waals surface area contributed by atoms with Crippen LogP contribution in [0.25, 0.3) is 10.9 Å². The van der Waals surface area contributed by atoms with Gasteiger partial charge in [0, 0.05) is 35.9 Å². The van der Waals surface area contributed by atoms with Gasteiger partial charge < -0.3 is 9.47 Å². The fourth-order valence-corrected chi connectivity index (χ4v) is 3.19. The Morgan fingerprint density at radius 3 is 2.68 bits per heavy atom. The van der Waals surface area contributed by atoms with E-state index in [1.807, 2.05) is 48.0 Å². The van der Waals surface area contributed by atoms with E-state index in [-0.39, 0.29) is 17.7 Å². The zero-order valence-corrected chi connectivity index (χ0v) is 14.7. The maximum absolute atomic E-state index is 13.0. The molecule has 0 saturated heterocycles. The summed E-state index contributed by atoms with van der Waals surface area (Å²) >= 11 is 0. The number of nitrogens with one attached hydrogen (secondary N) is 1. The second kappa shape index (κ2) is 6.93. The number of fused-ring (bicyclic) bond motifs is 1. The standard InChI is InChI=1S/C19H22N4O2/c1-4-17(19(25)22(3)11-14-9-10-20-21-14)23-12-16(13(2)24)15-7-5-6-8-18(15)23/h5-10,12,17H,4,11H2,1-3H3,(H,20,21)/t17-/m1/s1. The van der Waals surface area contributed by atoms with Crippen LogP contribution in [0.2, 0.25) is 0 Å². The number of para-hydroxylation sites is 1. The Labute approximate surface area is 146 Å². The number of likely N-dealkylation sites (N-methyl/N-ethyl adjacent to an activating group) is 1. The Bertz CT molecular complexity index is 895. The third-order valence-electron chi connectivity index (χ3n) is 4.47. The highest BCUT2D eigenvalue weighted by atomic mass is 16.2. The lowest BCUT2D eigenvalue weighted by Crippen LogP contribution is -2.33. The Kier molecular flexibility index (Phi) is 4.70. The van der Waals surface area contributed by atoms with Gasteiger partial charge in [-0.3, -0.25) is 14.7 Å². The average Bonchev–Trinajstić information content (AvgIpc) is 3.23. The largest absolute Gasteiger partial charge is 0.338 e. The summed E-state index contributed by atoms with van der Waals surface area (Å²) in [7, 11) is 1.78. The van der Waals surface area contributed by atoms with Crippen molar-refractivity contribution in [3.8, 4) is 0 Å². The highest BCUT2D eigenvalue weighted by Crippen LogP contribution is 2.27. The molecule has 0 unspecified atom stereocenters. The van der Waals surface area contributed by atoms with Crippen LogP contribution in [-0.2, 0) is 11.3 Å². The van der Waals surface area contributed by atoms with Crippen LogP contribution >= 0.6 is 0 Å². The van der Waals surface area contributed by atoms with Gasteiger partial charge in [-0.2, -0.15) is 5.10 Å². The number of carbonyl (C=O) groups is 2. The number of hydrogen-bond acceptors (Lipinski definition) is 3. The van der Waals surface area contributed by atoms with E-state index < -0.39 is 0 Å². The molecule has 25 heavy (non-hydrogen) atoms. The molecular weight excluding hydrogens is 316 g/mol. The van der Waals surface area contributed by atoms with Crippen molar-refractivity contribution in [2.24, 2.45) is 0 Å². The minimum absolute atomic E-state index is 0.00284. The first-order valence-corrected chi connectivity index (χ1v) is 8.36. The maximum atomic E-state index is 13.0. The van der Waals surface area contributed by atoms with E-state index in [2.05, 4.69) is 10.2 Å². The van der Waals surface area contributed by atoms with Crippen molar-refractivity contribution in [2.45, 2.75) is 32.9 Å². The van der Waals surface area contributed by atoms with E-state index in [0.717, 1.165) is 16.6 Å². The van der Waals surface area contributed by atoms with Crippen LogP contribution in [0.1, 0.15) is 42.4 Å². The first-order chi connectivity index (χ1) is 12.0. The number of hydrogen-bond donors (Lipinski definition) is 1. The van der Waals surface area contributed by atoms with Crippen molar-refractivity contribution < 1.29 is 9.59 Å². The molecule has 0 radical (unpaired) electrons. The molecule has 1 aromatic carbocycles. The molecule has 130 valence electrons. The van der Waals surface area contributed by atoms with E-state index in [0.29, 0.717) is 18.5 Å². The van der Waals surface area contributed by atoms with Crippen LogP contribution in [0.15, 0.2) is 42.7 Å². The molecule has 1 atom stereocenters. The van der Waals surface area contributed by atoms with Crippen molar-refractivity contribution in [1.82, 2.24) is 19.7 Å². The Morgan fingerprint density at radius 1 is 1.28 bits per heavy atom. The third-order valence-corrected chi connectivity index (χ3v) is 4.47. The molecule has 0 aliphatic heterocycles. The number of ketones is 1. The second-order valence-electron chi connectivity index (χ2n) is 6.22. The topological polar surface area (TPSA) is 71.0 Å². The van der Waals surface area contributed by atoms with E-state index in [4.69, 9.17) is 0 Å². The fourth-order valence-electron chi connectivity index (χ4n) is 3.19. The minimum Gasteiger partial charge on any atom is -0.338 e. The summed E-state index contributed by atoms with van der Waals surface area (Å²) in [5.74, 6) is 0.0102. The van der Waals surface area contributed by atoms with Gasteiger partial charge in [0.2, 0.25) is 5.91 Å². The molecule has 6 nitrogen and oxygen atoms in total. The highest BCUT2D eigenvalue weighted by Gasteiger charge is 2.25. The molecule has 0 aliphatic carbocycles. The molecule has 2 aromatic heterocycles. The van der Waals surface area contributed by atoms with Crippen LogP contribution in [0, 0.1) is 0 Å². The molecule has 0 saturated carbocycles. The number of aromatic amines is 1. The van der Waals surface area contributed by atoms with Crippen molar-refractivity contribution in [3.05, 3.63) is 54.0 Å². The summed E-state index contributed by atoms with van der Waals surface area (Å²) in [4.78, 5) is 26.7. The second-order valence-corrected chi connectivity index (χ2v) is 6.22. The molecule has 6 heteroatoms. The number of rotatable bonds is 6. The summed E-state index contributed by atoms with van der Waals surface area (Å²) in [5.41, 5.74) is 2.44. The van der Waals surface area contributed by atoms with Crippen LogP contribution in [0.3, 0.4) is 0 Å². The van der Waals surface area contributed by atoms with Gasteiger partial charge >= 0.3 is 0 Å². The van der Waals surface area contributed by atoms with Gasteiger partial charge in [-0.1, -0.05) is 25.1 Å². The van der Waals surface area contributed by atoms with Crippen molar-refractivity contribution in [1.29, 1.82) is 0 Å². The lowest BCUT2D eigenvalue weighted by atomic mass is 10.1. The molecule has 0 bridgehead atoms.